The van der Waals surface area contributed by atoms with Crippen molar-refractivity contribution < 1.29 is 4.79 Å². The molecular formula is C24H41NO. The van der Waals surface area contributed by atoms with E-state index in [1.807, 2.05) is 30.3 Å². The van der Waals surface area contributed by atoms with Crippen molar-refractivity contribution in [2.75, 3.05) is 0 Å². The lowest BCUT2D eigenvalue weighted by Gasteiger charge is -2.13. The standard InChI is InChI=1S/C24H41NO/c1-3-4-5-6-7-8-9-10-11-12-13-14-16-19-22(2)25-24(26)23-20-17-15-18-21-23/h15,17-18,20-22H,3-14,16,19H2,1-2H3,(H,25,26). The first-order valence-corrected chi connectivity index (χ1v) is 11.1. The molecule has 0 saturated heterocycles. The largest absolute Gasteiger partial charge is 0.350 e. The first kappa shape index (κ1) is 22.7. The lowest BCUT2D eigenvalue weighted by Crippen LogP contribution is -2.32. The molecule has 0 spiro atoms. The Labute approximate surface area is 162 Å². The summed E-state index contributed by atoms with van der Waals surface area (Å²) in [5.41, 5.74) is 0.754. The predicted molar refractivity (Wildman–Crippen MR) is 114 cm³/mol. The third-order valence-electron chi connectivity index (χ3n) is 5.15. The van der Waals surface area contributed by atoms with Crippen LogP contribution < -0.4 is 5.32 Å². The number of hydrogen-bond donors (Lipinski definition) is 1. The topological polar surface area (TPSA) is 29.1 Å². The van der Waals surface area contributed by atoms with Gasteiger partial charge in [0.2, 0.25) is 0 Å². The van der Waals surface area contributed by atoms with E-state index in [0.29, 0.717) is 0 Å². The number of unbranched alkanes of at least 4 members (excludes halogenated alkanes) is 12. The van der Waals surface area contributed by atoms with Gasteiger partial charge in [-0.3, -0.25) is 4.79 Å². The molecule has 148 valence electrons. The van der Waals surface area contributed by atoms with Crippen molar-refractivity contribution in [1.29, 1.82) is 0 Å². The second-order valence-corrected chi connectivity index (χ2v) is 7.77. The molecule has 0 bridgehead atoms. The molecule has 0 heterocycles. The highest BCUT2D eigenvalue weighted by atomic mass is 16.1. The molecule has 2 nitrogen and oxygen atoms in total. The first-order chi connectivity index (χ1) is 12.7. The molecule has 1 aromatic carbocycles. The van der Waals surface area contributed by atoms with E-state index in [4.69, 9.17) is 0 Å². The molecule has 1 rings (SSSR count). The van der Waals surface area contributed by atoms with Crippen molar-refractivity contribution in [1.82, 2.24) is 5.32 Å². The zero-order valence-corrected chi connectivity index (χ0v) is 17.3. The normalized spacial score (nSPS) is 12.1. The SMILES string of the molecule is CCCCCCCCCCCCCCCC(C)NC(=O)c1ccccc1. The van der Waals surface area contributed by atoms with Gasteiger partial charge in [0.25, 0.3) is 5.91 Å². The summed E-state index contributed by atoms with van der Waals surface area (Å²) in [6, 6.07) is 9.75. The van der Waals surface area contributed by atoms with Crippen molar-refractivity contribution in [3.8, 4) is 0 Å². The Morgan fingerprint density at radius 3 is 1.73 bits per heavy atom. The van der Waals surface area contributed by atoms with Gasteiger partial charge < -0.3 is 5.32 Å². The smallest absolute Gasteiger partial charge is 0.251 e. The van der Waals surface area contributed by atoms with Crippen molar-refractivity contribution >= 4 is 5.91 Å². The van der Waals surface area contributed by atoms with E-state index in [-0.39, 0.29) is 11.9 Å². The van der Waals surface area contributed by atoms with Crippen molar-refractivity contribution in [2.24, 2.45) is 0 Å². The van der Waals surface area contributed by atoms with Crippen LogP contribution in [0.3, 0.4) is 0 Å². The average molecular weight is 360 g/mol. The monoisotopic (exact) mass is 359 g/mol. The molecular weight excluding hydrogens is 318 g/mol. The van der Waals surface area contributed by atoms with Crippen LogP contribution in [-0.2, 0) is 0 Å². The molecule has 0 aliphatic carbocycles. The van der Waals surface area contributed by atoms with Gasteiger partial charge in [0.1, 0.15) is 0 Å². The maximum Gasteiger partial charge on any atom is 0.251 e. The third-order valence-corrected chi connectivity index (χ3v) is 5.15. The Balaban J connectivity index is 1.87. The maximum atomic E-state index is 12.1. The summed E-state index contributed by atoms with van der Waals surface area (Å²) in [6.07, 6.45) is 19.0. The lowest BCUT2D eigenvalue weighted by molar-refractivity contribution is 0.0938. The molecule has 0 fully saturated rings. The van der Waals surface area contributed by atoms with Crippen LogP contribution in [0, 0.1) is 0 Å². The number of amides is 1. The van der Waals surface area contributed by atoms with Gasteiger partial charge in [-0.05, 0) is 25.5 Å². The van der Waals surface area contributed by atoms with Gasteiger partial charge in [0, 0.05) is 11.6 Å². The molecule has 0 aromatic heterocycles. The minimum Gasteiger partial charge on any atom is -0.350 e. The fourth-order valence-corrected chi connectivity index (χ4v) is 3.44. The Hall–Kier alpha value is -1.31. The van der Waals surface area contributed by atoms with E-state index in [9.17, 15) is 4.79 Å². The molecule has 0 saturated carbocycles. The summed E-state index contributed by atoms with van der Waals surface area (Å²) in [5.74, 6) is 0.0489. The summed E-state index contributed by atoms with van der Waals surface area (Å²) in [6.45, 7) is 4.39. The van der Waals surface area contributed by atoms with Crippen LogP contribution in [0.4, 0.5) is 0 Å². The van der Waals surface area contributed by atoms with Gasteiger partial charge in [-0.25, -0.2) is 0 Å². The van der Waals surface area contributed by atoms with Gasteiger partial charge in [0.05, 0.1) is 0 Å². The zero-order chi connectivity index (χ0) is 18.9. The highest BCUT2D eigenvalue weighted by molar-refractivity contribution is 5.94. The van der Waals surface area contributed by atoms with Crippen LogP contribution in [0.25, 0.3) is 0 Å². The van der Waals surface area contributed by atoms with Gasteiger partial charge in [-0.15, -0.1) is 0 Å². The molecule has 1 amide bonds. The van der Waals surface area contributed by atoms with Crippen LogP contribution >= 0.6 is 0 Å². The van der Waals surface area contributed by atoms with E-state index < -0.39 is 0 Å². The van der Waals surface area contributed by atoms with Gasteiger partial charge >= 0.3 is 0 Å². The van der Waals surface area contributed by atoms with Crippen LogP contribution in [0.5, 0.6) is 0 Å². The molecule has 1 atom stereocenters. The lowest BCUT2D eigenvalue weighted by atomic mass is 10.0. The number of hydrogen-bond acceptors (Lipinski definition) is 1. The van der Waals surface area contributed by atoms with Gasteiger partial charge in [-0.2, -0.15) is 0 Å². The van der Waals surface area contributed by atoms with Crippen LogP contribution in [0.1, 0.15) is 114 Å². The molecule has 0 aliphatic heterocycles. The summed E-state index contributed by atoms with van der Waals surface area (Å²) >= 11 is 0. The number of carbonyl (C=O) groups is 1. The summed E-state index contributed by atoms with van der Waals surface area (Å²) in [4.78, 5) is 12.1. The number of nitrogens with one attached hydrogen (secondary N) is 1. The van der Waals surface area contributed by atoms with Gasteiger partial charge in [0.15, 0.2) is 0 Å². The molecule has 1 aromatic rings. The Morgan fingerprint density at radius 2 is 1.23 bits per heavy atom. The predicted octanol–water partition coefficient (Wildman–Crippen LogP) is 7.29. The van der Waals surface area contributed by atoms with Crippen molar-refractivity contribution in [3.63, 3.8) is 0 Å². The molecule has 0 aliphatic rings. The highest BCUT2D eigenvalue weighted by Crippen LogP contribution is 2.13. The molecule has 26 heavy (non-hydrogen) atoms. The molecule has 1 unspecified atom stereocenters. The maximum absolute atomic E-state index is 12.1. The summed E-state index contributed by atoms with van der Waals surface area (Å²) in [7, 11) is 0. The van der Waals surface area contributed by atoms with E-state index in [1.165, 1.54) is 83.5 Å². The van der Waals surface area contributed by atoms with Crippen LogP contribution in [0.15, 0.2) is 30.3 Å². The van der Waals surface area contributed by atoms with Gasteiger partial charge in [-0.1, -0.05) is 109 Å². The second-order valence-electron chi connectivity index (χ2n) is 7.77. The minimum absolute atomic E-state index is 0.0489. The highest BCUT2D eigenvalue weighted by Gasteiger charge is 2.08. The number of benzene rings is 1. The summed E-state index contributed by atoms with van der Waals surface area (Å²) < 4.78 is 0. The third kappa shape index (κ3) is 12.1. The second kappa shape index (κ2) is 15.9. The fourth-order valence-electron chi connectivity index (χ4n) is 3.44. The summed E-state index contributed by atoms with van der Waals surface area (Å²) in [5, 5.41) is 3.10. The van der Waals surface area contributed by atoms with Crippen LogP contribution in [0.2, 0.25) is 0 Å². The first-order valence-electron chi connectivity index (χ1n) is 11.1. The van der Waals surface area contributed by atoms with E-state index >= 15 is 0 Å². The zero-order valence-electron chi connectivity index (χ0n) is 17.3. The number of carbonyl (C=O) groups excluding carboxylic acids is 1. The van der Waals surface area contributed by atoms with Crippen molar-refractivity contribution in [3.05, 3.63) is 35.9 Å². The minimum atomic E-state index is 0.0489. The Morgan fingerprint density at radius 1 is 0.769 bits per heavy atom. The van der Waals surface area contributed by atoms with Crippen LogP contribution in [-0.4, -0.2) is 11.9 Å². The molecule has 2 heteroatoms. The molecule has 0 radical (unpaired) electrons. The fraction of sp³-hybridized carbons (Fsp3) is 0.708. The van der Waals surface area contributed by atoms with Crippen molar-refractivity contribution in [2.45, 2.75) is 110 Å². The number of rotatable bonds is 16. The van der Waals surface area contributed by atoms with E-state index in [2.05, 4.69) is 19.2 Å². The molecule has 1 N–H and O–H groups in total. The Bertz CT molecular complexity index is 443. The quantitative estimate of drug-likeness (QED) is 0.308. The Kier molecular flexibility index (Phi) is 13.9. The van der Waals surface area contributed by atoms with E-state index in [0.717, 1.165) is 12.0 Å². The van der Waals surface area contributed by atoms with E-state index in [1.54, 1.807) is 0 Å². The average Bonchev–Trinajstić information content (AvgIpc) is 2.66.